The van der Waals surface area contributed by atoms with Crippen LogP contribution in [0.2, 0.25) is 5.02 Å². The smallest absolute Gasteiger partial charge is 0.309 e. The third-order valence-electron chi connectivity index (χ3n) is 8.69. The van der Waals surface area contributed by atoms with Crippen molar-refractivity contribution in [3.63, 3.8) is 0 Å². The number of hydrogen-bond donors (Lipinski definition) is 2. The van der Waals surface area contributed by atoms with Crippen molar-refractivity contribution in [3.05, 3.63) is 75.3 Å². The minimum Gasteiger partial charge on any atom is -0.493 e. The van der Waals surface area contributed by atoms with Gasteiger partial charge in [0.25, 0.3) is 0 Å². The quantitative estimate of drug-likeness (QED) is 0.323. The Bertz CT molecular complexity index is 1550. The molecular weight excluding hydrogens is 572 g/mol. The first-order valence-electron chi connectivity index (χ1n) is 14.6. The number of amides is 1. The Balaban J connectivity index is 1.38. The maximum Gasteiger partial charge on any atom is 0.309 e. The van der Waals surface area contributed by atoms with Crippen LogP contribution in [0.3, 0.4) is 0 Å². The van der Waals surface area contributed by atoms with E-state index in [0.29, 0.717) is 48.3 Å². The van der Waals surface area contributed by atoms with Gasteiger partial charge in [0, 0.05) is 35.6 Å². The molecule has 3 aromatic carbocycles. The Morgan fingerprint density at radius 1 is 1.02 bits per heavy atom. The van der Waals surface area contributed by atoms with E-state index in [1.165, 1.54) is 0 Å². The van der Waals surface area contributed by atoms with Crippen LogP contribution in [0.4, 0.5) is 5.69 Å². The number of nitrogens with one attached hydrogen (secondary N) is 1. The lowest BCUT2D eigenvalue weighted by molar-refractivity contribution is -0.143. The predicted molar refractivity (Wildman–Crippen MR) is 162 cm³/mol. The molecule has 0 aliphatic carbocycles. The summed E-state index contributed by atoms with van der Waals surface area (Å²) in [6, 6.07) is 12.7. The zero-order valence-electron chi connectivity index (χ0n) is 24.4. The van der Waals surface area contributed by atoms with Gasteiger partial charge in [-0.2, -0.15) is 0 Å². The average Bonchev–Trinajstić information content (AvgIpc) is 3.75. The third-order valence-corrected chi connectivity index (χ3v) is 8.90. The molecule has 3 heterocycles. The van der Waals surface area contributed by atoms with Crippen LogP contribution in [0.15, 0.2) is 42.5 Å². The minimum absolute atomic E-state index is 0.00908. The lowest BCUT2D eigenvalue weighted by Gasteiger charge is -2.27. The van der Waals surface area contributed by atoms with Gasteiger partial charge in [0.2, 0.25) is 18.4 Å². The highest BCUT2D eigenvalue weighted by Crippen LogP contribution is 2.50. The number of methoxy groups -OCH3 is 1. The van der Waals surface area contributed by atoms with Gasteiger partial charge in [-0.3, -0.25) is 14.5 Å². The Hall–Kier alpha value is -3.95. The van der Waals surface area contributed by atoms with Crippen LogP contribution in [0.1, 0.15) is 53.6 Å². The van der Waals surface area contributed by atoms with Crippen LogP contribution in [0.25, 0.3) is 0 Å². The highest BCUT2D eigenvalue weighted by atomic mass is 35.5. The van der Waals surface area contributed by atoms with E-state index in [2.05, 4.69) is 5.32 Å². The normalized spacial score (nSPS) is 20.5. The van der Waals surface area contributed by atoms with E-state index >= 15 is 0 Å². The van der Waals surface area contributed by atoms with Gasteiger partial charge in [0.1, 0.15) is 5.75 Å². The van der Waals surface area contributed by atoms with E-state index < -0.39 is 23.8 Å². The van der Waals surface area contributed by atoms with Gasteiger partial charge in [0.15, 0.2) is 11.5 Å². The summed E-state index contributed by atoms with van der Waals surface area (Å²) >= 11 is 6.35. The van der Waals surface area contributed by atoms with Gasteiger partial charge in [-0.25, -0.2) is 0 Å². The SMILES string of the molecule is CCc1cc(Cl)cc(CC)c1NC(=O)CN1C[C@H](c2cc(OC)c3c(c2)OCO3)C(C(=O)O)[C@@H]1c1ccc2c(c1)CCO2. The molecule has 43 heavy (non-hydrogen) atoms. The molecule has 0 saturated carbocycles. The van der Waals surface area contributed by atoms with Crippen molar-refractivity contribution in [1.29, 1.82) is 0 Å². The number of ether oxygens (including phenoxy) is 4. The third kappa shape index (κ3) is 5.47. The predicted octanol–water partition coefficient (Wildman–Crippen LogP) is 5.62. The molecule has 9 nitrogen and oxygen atoms in total. The lowest BCUT2D eigenvalue weighted by Crippen LogP contribution is -2.35. The van der Waals surface area contributed by atoms with E-state index in [4.69, 9.17) is 30.5 Å². The number of aryl methyl sites for hydroxylation is 2. The van der Waals surface area contributed by atoms with Gasteiger partial charge in [0.05, 0.1) is 26.2 Å². The first-order chi connectivity index (χ1) is 20.8. The van der Waals surface area contributed by atoms with Gasteiger partial charge < -0.3 is 29.4 Å². The monoisotopic (exact) mass is 606 g/mol. The van der Waals surface area contributed by atoms with Gasteiger partial charge in [-0.1, -0.05) is 37.6 Å². The van der Waals surface area contributed by atoms with Gasteiger partial charge in [-0.05, 0) is 71.0 Å². The maximum atomic E-state index is 13.7. The average molecular weight is 607 g/mol. The van der Waals surface area contributed by atoms with Crippen LogP contribution >= 0.6 is 11.6 Å². The summed E-state index contributed by atoms with van der Waals surface area (Å²) in [5.41, 5.74) is 5.34. The molecule has 3 aromatic rings. The summed E-state index contributed by atoms with van der Waals surface area (Å²) in [5.74, 6) is -0.121. The highest BCUT2D eigenvalue weighted by molar-refractivity contribution is 6.30. The highest BCUT2D eigenvalue weighted by Gasteiger charge is 2.48. The topological polar surface area (TPSA) is 107 Å². The second-order valence-electron chi connectivity index (χ2n) is 11.1. The Kier molecular flexibility index (Phi) is 8.11. The molecule has 1 saturated heterocycles. The molecule has 0 aromatic heterocycles. The zero-order valence-corrected chi connectivity index (χ0v) is 25.2. The number of likely N-dealkylation sites (tertiary alicyclic amines) is 1. The van der Waals surface area contributed by atoms with Crippen LogP contribution in [-0.2, 0) is 28.9 Å². The van der Waals surface area contributed by atoms with Gasteiger partial charge in [-0.15, -0.1) is 0 Å². The number of aliphatic carboxylic acids is 1. The van der Waals surface area contributed by atoms with Crippen molar-refractivity contribution >= 4 is 29.2 Å². The molecule has 1 fully saturated rings. The van der Waals surface area contributed by atoms with Crippen molar-refractivity contribution in [3.8, 4) is 23.0 Å². The molecular formula is C33H35ClN2O7. The minimum atomic E-state index is -0.939. The van der Waals surface area contributed by atoms with Crippen LogP contribution in [0.5, 0.6) is 23.0 Å². The first kappa shape index (κ1) is 29.1. The lowest BCUT2D eigenvalue weighted by atomic mass is 9.82. The summed E-state index contributed by atoms with van der Waals surface area (Å²) in [7, 11) is 1.54. The molecule has 226 valence electrons. The second-order valence-corrected chi connectivity index (χ2v) is 11.6. The number of carboxylic acids is 1. The second kappa shape index (κ2) is 12.0. The van der Waals surface area contributed by atoms with Crippen molar-refractivity contribution in [1.82, 2.24) is 4.90 Å². The fraction of sp³-hybridized carbons (Fsp3) is 0.394. The number of nitrogens with zero attached hydrogens (tertiary/aromatic N) is 1. The first-order valence-corrected chi connectivity index (χ1v) is 15.0. The van der Waals surface area contributed by atoms with Crippen LogP contribution in [-0.4, -0.2) is 55.5 Å². The van der Waals surface area contributed by atoms with E-state index in [1.807, 2.05) is 61.2 Å². The summed E-state index contributed by atoms with van der Waals surface area (Å²) < 4.78 is 22.5. The Morgan fingerprint density at radius 3 is 2.49 bits per heavy atom. The molecule has 10 heteroatoms. The number of anilines is 1. The number of fused-ring (bicyclic) bond motifs is 2. The standard InChI is InChI=1S/C33H35ClN2O7/c1-4-18-11-23(34)12-19(5-2)30(18)35-28(37)16-36-15-24(22-13-26(40-3)32-27(14-22)42-17-43-32)29(33(38)39)31(36)21-6-7-25-20(10-21)8-9-41-25/h6-7,10-14,24,29,31H,4-5,8-9,15-17H2,1-3H3,(H,35,37)(H,38,39)/t24-,29?,31+/m1/s1. The Labute approximate surface area is 255 Å². The molecule has 0 spiro atoms. The molecule has 3 aliphatic rings. The maximum absolute atomic E-state index is 13.7. The zero-order chi connectivity index (χ0) is 30.2. The molecule has 3 atom stereocenters. The van der Waals surface area contributed by atoms with E-state index in [0.717, 1.165) is 45.7 Å². The molecule has 6 rings (SSSR count). The van der Waals surface area contributed by atoms with E-state index in [1.54, 1.807) is 7.11 Å². The van der Waals surface area contributed by atoms with Crippen molar-refractivity contribution < 1.29 is 33.6 Å². The van der Waals surface area contributed by atoms with E-state index in [9.17, 15) is 14.7 Å². The molecule has 1 unspecified atom stereocenters. The fourth-order valence-corrected chi connectivity index (χ4v) is 6.95. The van der Waals surface area contributed by atoms with E-state index in [-0.39, 0.29) is 19.2 Å². The molecule has 0 radical (unpaired) electrons. The number of carboxylic acid groups (broad SMARTS) is 1. The number of benzene rings is 3. The Morgan fingerprint density at radius 2 is 1.79 bits per heavy atom. The van der Waals surface area contributed by atoms with Crippen molar-refractivity contribution in [2.75, 3.05) is 38.9 Å². The molecule has 3 aliphatic heterocycles. The molecule has 2 N–H and O–H groups in total. The summed E-state index contributed by atoms with van der Waals surface area (Å²) in [5, 5.41) is 14.5. The summed E-state index contributed by atoms with van der Waals surface area (Å²) in [4.78, 5) is 28.8. The van der Waals surface area contributed by atoms with Crippen molar-refractivity contribution in [2.45, 2.75) is 45.1 Å². The number of carbonyl (C=O) groups excluding carboxylic acids is 1. The molecule has 0 bridgehead atoms. The number of rotatable bonds is 9. The number of carbonyl (C=O) groups is 2. The fourth-order valence-electron chi connectivity index (χ4n) is 6.69. The van der Waals surface area contributed by atoms with Crippen LogP contribution < -0.4 is 24.3 Å². The largest absolute Gasteiger partial charge is 0.493 e. The molecule has 1 amide bonds. The summed E-state index contributed by atoms with van der Waals surface area (Å²) in [6.45, 7) is 5.06. The van der Waals surface area contributed by atoms with Gasteiger partial charge >= 0.3 is 5.97 Å². The van der Waals surface area contributed by atoms with Crippen LogP contribution in [0, 0.1) is 5.92 Å². The number of halogens is 1. The van der Waals surface area contributed by atoms with Crippen molar-refractivity contribution in [2.24, 2.45) is 5.92 Å². The number of hydrogen-bond acceptors (Lipinski definition) is 7. The summed E-state index contributed by atoms with van der Waals surface area (Å²) in [6.07, 6.45) is 2.18.